The number of nitrogens with one attached hydrogen (secondary N) is 1. The minimum absolute atomic E-state index is 0.133. The lowest BCUT2D eigenvalue weighted by molar-refractivity contribution is -0.143. The molecule has 0 saturated heterocycles. The Morgan fingerprint density at radius 1 is 0.696 bits per heavy atom. The van der Waals surface area contributed by atoms with Gasteiger partial charge in [0.15, 0.2) is 0 Å². The van der Waals surface area contributed by atoms with Crippen LogP contribution >= 0.6 is 0 Å². The van der Waals surface area contributed by atoms with Crippen molar-refractivity contribution in [2.24, 2.45) is 0 Å². The number of carbonyl (C=O) groups is 3. The van der Waals surface area contributed by atoms with Gasteiger partial charge >= 0.3 is 12.1 Å². The molecular weight excluding hydrogens is 576 g/mol. The van der Waals surface area contributed by atoms with Gasteiger partial charge in [0.2, 0.25) is 5.91 Å². The van der Waals surface area contributed by atoms with Gasteiger partial charge in [-0.05, 0) is 45.4 Å². The molecule has 0 aromatic heterocycles. The maximum absolute atomic E-state index is 14.0. The number of hydrogen-bond donors (Lipinski definition) is 2. The predicted octanol–water partition coefficient (Wildman–Crippen LogP) is 7.17. The van der Waals surface area contributed by atoms with Gasteiger partial charge in [-0.2, -0.15) is 0 Å². The molecule has 0 bridgehead atoms. The molecule has 5 aromatic carbocycles. The highest BCUT2D eigenvalue weighted by molar-refractivity contribution is 5.86. The summed E-state index contributed by atoms with van der Waals surface area (Å²) in [6.45, 7) is 0. The number of methoxy groups -OCH3 is 1. The number of nitrogens with zero attached hydrogens (tertiary/aromatic N) is 1. The zero-order valence-corrected chi connectivity index (χ0v) is 25.4. The first-order valence-electron chi connectivity index (χ1n) is 15.2. The molecule has 0 radical (unpaired) electrons. The highest BCUT2D eigenvalue weighted by Gasteiger charge is 2.43. The Balaban J connectivity index is 1.36. The summed E-state index contributed by atoms with van der Waals surface area (Å²) < 4.78 is 5.17. The minimum Gasteiger partial charge on any atom is -0.480 e. The topological polar surface area (TPSA) is 95.9 Å². The molecular formula is C39H34N2O5. The summed E-state index contributed by atoms with van der Waals surface area (Å²) in [6, 6.07) is 42.4. The summed E-state index contributed by atoms with van der Waals surface area (Å²) in [6.07, 6.45) is -1.07. The summed E-state index contributed by atoms with van der Waals surface area (Å²) in [5.41, 5.74) is 4.98. The summed E-state index contributed by atoms with van der Waals surface area (Å²) in [5.74, 6) is -1.58. The van der Waals surface area contributed by atoms with Crippen molar-refractivity contribution in [1.82, 2.24) is 10.2 Å². The lowest BCUT2D eigenvalue weighted by Crippen LogP contribution is -2.50. The molecule has 5 aromatic rings. The van der Waals surface area contributed by atoms with Crippen LogP contribution in [-0.4, -0.2) is 41.1 Å². The molecule has 2 N–H and O–H groups in total. The van der Waals surface area contributed by atoms with Crippen LogP contribution in [-0.2, 0) is 19.9 Å². The lowest BCUT2D eigenvalue weighted by atomic mass is 9.77. The van der Waals surface area contributed by atoms with Crippen LogP contribution in [0.1, 0.15) is 46.7 Å². The van der Waals surface area contributed by atoms with Gasteiger partial charge in [0.05, 0.1) is 13.2 Å². The van der Waals surface area contributed by atoms with Crippen LogP contribution in [0.5, 0.6) is 0 Å². The maximum Gasteiger partial charge on any atom is 0.411 e. The van der Waals surface area contributed by atoms with E-state index in [2.05, 4.69) is 5.32 Å². The van der Waals surface area contributed by atoms with Gasteiger partial charge in [-0.25, -0.2) is 9.59 Å². The van der Waals surface area contributed by atoms with Gasteiger partial charge in [-0.1, -0.05) is 140 Å². The van der Waals surface area contributed by atoms with Crippen LogP contribution in [0, 0.1) is 0 Å². The zero-order chi connectivity index (χ0) is 32.1. The molecule has 0 fully saturated rings. The van der Waals surface area contributed by atoms with E-state index in [1.807, 2.05) is 140 Å². The molecule has 1 aliphatic carbocycles. The van der Waals surface area contributed by atoms with E-state index in [0.29, 0.717) is 0 Å². The van der Waals surface area contributed by atoms with Crippen molar-refractivity contribution in [3.8, 4) is 11.1 Å². The Hall–Kier alpha value is -5.69. The molecule has 7 heteroatoms. The number of fused-ring (bicyclic) bond motifs is 3. The number of amides is 2. The number of carboxylic acids is 1. The van der Waals surface area contributed by atoms with E-state index in [-0.39, 0.29) is 18.7 Å². The fourth-order valence-corrected chi connectivity index (χ4v) is 6.65. The van der Waals surface area contributed by atoms with Crippen molar-refractivity contribution in [3.05, 3.63) is 167 Å². The zero-order valence-electron chi connectivity index (χ0n) is 25.4. The highest BCUT2D eigenvalue weighted by Crippen LogP contribution is 2.47. The molecule has 2 amide bonds. The molecule has 6 rings (SSSR count). The van der Waals surface area contributed by atoms with Crippen LogP contribution in [0.3, 0.4) is 0 Å². The van der Waals surface area contributed by atoms with E-state index in [4.69, 9.17) is 4.74 Å². The van der Waals surface area contributed by atoms with Crippen molar-refractivity contribution < 1.29 is 24.2 Å². The van der Waals surface area contributed by atoms with Crippen LogP contribution in [0.4, 0.5) is 4.79 Å². The molecule has 0 unspecified atom stereocenters. The van der Waals surface area contributed by atoms with E-state index in [1.165, 1.54) is 12.0 Å². The fourth-order valence-electron chi connectivity index (χ4n) is 6.65. The van der Waals surface area contributed by atoms with Crippen LogP contribution in [0.15, 0.2) is 140 Å². The average Bonchev–Trinajstić information content (AvgIpc) is 3.43. The van der Waals surface area contributed by atoms with E-state index in [0.717, 1.165) is 38.9 Å². The van der Waals surface area contributed by atoms with Crippen LogP contribution in [0.2, 0.25) is 0 Å². The van der Waals surface area contributed by atoms with Crippen molar-refractivity contribution in [1.29, 1.82) is 0 Å². The Labute approximate surface area is 268 Å². The number of benzene rings is 5. The molecule has 230 valence electrons. The normalized spacial score (nSPS) is 12.8. The molecule has 0 heterocycles. The average molecular weight is 611 g/mol. The number of ether oxygens (including phenoxy) is 1. The first-order valence-corrected chi connectivity index (χ1v) is 15.2. The Kier molecular flexibility index (Phi) is 8.65. The number of rotatable bonds is 10. The van der Waals surface area contributed by atoms with Gasteiger partial charge in [0.25, 0.3) is 0 Å². The molecule has 0 saturated carbocycles. The molecule has 0 spiro atoms. The number of carboxylic acid groups (broad SMARTS) is 1. The third-order valence-corrected chi connectivity index (χ3v) is 8.68. The maximum atomic E-state index is 14.0. The SMILES string of the molecule is COC(=O)N(C1c2ccccc2-c2ccccc21)[C@@H](CCC(=O)NC(c1ccccc1)(c1ccccc1)c1ccccc1)C(=O)O. The highest BCUT2D eigenvalue weighted by atomic mass is 16.5. The Morgan fingerprint density at radius 2 is 1.11 bits per heavy atom. The Morgan fingerprint density at radius 3 is 1.52 bits per heavy atom. The summed E-state index contributed by atoms with van der Waals surface area (Å²) >= 11 is 0. The number of hydrogen-bond acceptors (Lipinski definition) is 4. The molecule has 0 aliphatic heterocycles. The standard InChI is InChI=1S/C39H34N2O5/c1-46-38(45)41(36-32-23-13-11-21-30(32)31-22-12-14-24-33(31)36)34(37(43)44)25-26-35(42)40-39(27-15-5-2-6-16-27,28-17-7-3-8-18-28)29-19-9-4-10-20-29/h2-24,34,36H,25-26H2,1H3,(H,40,42)(H,43,44)/t34-/m0/s1. The largest absolute Gasteiger partial charge is 0.480 e. The van der Waals surface area contributed by atoms with Gasteiger partial charge < -0.3 is 15.2 Å². The van der Waals surface area contributed by atoms with Gasteiger partial charge in [-0.15, -0.1) is 0 Å². The third-order valence-electron chi connectivity index (χ3n) is 8.68. The van der Waals surface area contributed by atoms with Crippen molar-refractivity contribution in [3.63, 3.8) is 0 Å². The molecule has 46 heavy (non-hydrogen) atoms. The second kappa shape index (κ2) is 13.1. The first-order chi connectivity index (χ1) is 22.5. The van der Waals surface area contributed by atoms with Crippen LogP contribution < -0.4 is 5.32 Å². The monoisotopic (exact) mass is 610 g/mol. The van der Waals surface area contributed by atoms with E-state index in [1.54, 1.807) is 0 Å². The summed E-state index contributed by atoms with van der Waals surface area (Å²) in [4.78, 5) is 41.7. The van der Waals surface area contributed by atoms with Crippen LogP contribution in [0.25, 0.3) is 11.1 Å². The second-order valence-electron chi connectivity index (χ2n) is 11.2. The first kappa shape index (κ1) is 30.3. The van der Waals surface area contributed by atoms with E-state index < -0.39 is 29.7 Å². The summed E-state index contributed by atoms with van der Waals surface area (Å²) in [7, 11) is 1.24. The predicted molar refractivity (Wildman–Crippen MR) is 176 cm³/mol. The summed E-state index contributed by atoms with van der Waals surface area (Å²) in [5, 5.41) is 13.8. The smallest absolute Gasteiger partial charge is 0.411 e. The van der Waals surface area contributed by atoms with Crippen molar-refractivity contribution in [2.75, 3.05) is 7.11 Å². The number of aliphatic carboxylic acids is 1. The number of carbonyl (C=O) groups excluding carboxylic acids is 2. The molecule has 1 atom stereocenters. The Bertz CT molecular complexity index is 1700. The lowest BCUT2D eigenvalue weighted by Gasteiger charge is -2.37. The van der Waals surface area contributed by atoms with E-state index in [9.17, 15) is 19.5 Å². The van der Waals surface area contributed by atoms with Gasteiger partial charge in [0, 0.05) is 6.42 Å². The second-order valence-corrected chi connectivity index (χ2v) is 11.2. The van der Waals surface area contributed by atoms with Gasteiger partial charge in [-0.3, -0.25) is 9.69 Å². The third kappa shape index (κ3) is 5.52. The molecule has 7 nitrogen and oxygen atoms in total. The molecule has 1 aliphatic rings. The van der Waals surface area contributed by atoms with Gasteiger partial charge in [0.1, 0.15) is 11.6 Å². The van der Waals surface area contributed by atoms with E-state index >= 15 is 0 Å². The van der Waals surface area contributed by atoms with Crippen molar-refractivity contribution in [2.45, 2.75) is 30.5 Å². The fraction of sp³-hybridized carbons (Fsp3) is 0.154. The minimum atomic E-state index is -1.35. The van der Waals surface area contributed by atoms with Crippen molar-refractivity contribution >= 4 is 18.0 Å². The quantitative estimate of drug-likeness (QED) is 0.164.